The van der Waals surface area contributed by atoms with Gasteiger partial charge in [0.2, 0.25) is 0 Å². The van der Waals surface area contributed by atoms with Crippen LogP contribution < -0.4 is 0 Å². The summed E-state index contributed by atoms with van der Waals surface area (Å²) >= 11 is 6.03. The Bertz CT molecular complexity index is 653. The molecule has 0 amide bonds. The van der Waals surface area contributed by atoms with Crippen LogP contribution in [0.5, 0.6) is 0 Å². The summed E-state index contributed by atoms with van der Waals surface area (Å²) in [5, 5.41) is 3.06. The molecule has 0 spiro atoms. The second kappa shape index (κ2) is 4.01. The molecular formula is C15H11ClN. The number of halogens is 1. The number of pyridine rings is 1. The van der Waals surface area contributed by atoms with Crippen molar-refractivity contribution in [1.82, 2.24) is 4.98 Å². The molecule has 0 fully saturated rings. The molecule has 0 bridgehead atoms. The van der Waals surface area contributed by atoms with Crippen LogP contribution >= 0.6 is 11.6 Å². The van der Waals surface area contributed by atoms with Crippen molar-refractivity contribution in [2.75, 3.05) is 0 Å². The van der Waals surface area contributed by atoms with Gasteiger partial charge in [-0.05, 0) is 36.1 Å². The molecule has 0 saturated heterocycles. The standard InChI is InChI=1S/C15H11ClN/c1-10-14-7-6-13(16)8-12(14)9-15(17-10)11-4-2-3-5-11/h2-9H,1H3. The van der Waals surface area contributed by atoms with E-state index in [1.54, 1.807) is 0 Å². The second-order valence-corrected chi connectivity index (χ2v) is 4.57. The van der Waals surface area contributed by atoms with E-state index in [2.05, 4.69) is 23.2 Å². The summed E-state index contributed by atoms with van der Waals surface area (Å²) in [5.74, 6) is 0. The van der Waals surface area contributed by atoms with E-state index in [1.807, 2.05) is 37.6 Å². The summed E-state index contributed by atoms with van der Waals surface area (Å²) in [4.78, 5) is 4.63. The van der Waals surface area contributed by atoms with Gasteiger partial charge in [-0.1, -0.05) is 35.9 Å². The minimum absolute atomic E-state index is 0.761. The largest absolute Gasteiger partial charge is 0.252 e. The second-order valence-electron chi connectivity index (χ2n) is 4.13. The average Bonchev–Trinajstić information content (AvgIpc) is 2.81. The van der Waals surface area contributed by atoms with Crippen molar-refractivity contribution < 1.29 is 0 Å². The zero-order chi connectivity index (χ0) is 11.8. The molecule has 0 unspecified atom stereocenters. The van der Waals surface area contributed by atoms with Gasteiger partial charge >= 0.3 is 0 Å². The van der Waals surface area contributed by atoms with E-state index in [-0.39, 0.29) is 0 Å². The quantitative estimate of drug-likeness (QED) is 0.722. The fraction of sp³-hybridized carbons (Fsp3) is 0.0667. The van der Waals surface area contributed by atoms with Gasteiger partial charge in [-0.3, -0.25) is 4.98 Å². The summed E-state index contributed by atoms with van der Waals surface area (Å²) in [6.45, 7) is 2.03. The smallest absolute Gasteiger partial charge is 0.0708 e. The Morgan fingerprint density at radius 1 is 1.18 bits per heavy atom. The zero-order valence-electron chi connectivity index (χ0n) is 9.44. The molecule has 17 heavy (non-hydrogen) atoms. The average molecular weight is 241 g/mol. The van der Waals surface area contributed by atoms with Crippen molar-refractivity contribution in [3.63, 3.8) is 0 Å². The molecule has 1 nitrogen and oxygen atoms in total. The van der Waals surface area contributed by atoms with Crippen molar-refractivity contribution in [3.8, 4) is 0 Å². The molecule has 0 aliphatic heterocycles. The molecular weight excluding hydrogens is 230 g/mol. The molecule has 0 N–H and O–H groups in total. The molecule has 1 heterocycles. The lowest BCUT2D eigenvalue weighted by molar-refractivity contribution is 1.21. The maximum Gasteiger partial charge on any atom is 0.0708 e. The van der Waals surface area contributed by atoms with Gasteiger partial charge in [0.05, 0.1) is 5.69 Å². The first kappa shape index (κ1) is 10.5. The van der Waals surface area contributed by atoms with Crippen LogP contribution in [-0.2, 0) is 0 Å². The molecule has 1 aliphatic carbocycles. The monoisotopic (exact) mass is 240 g/mol. The minimum atomic E-state index is 0.761. The maximum absolute atomic E-state index is 6.03. The van der Waals surface area contributed by atoms with Crippen LogP contribution in [0.15, 0.2) is 42.5 Å². The van der Waals surface area contributed by atoms with E-state index >= 15 is 0 Å². The number of benzene rings is 1. The third-order valence-electron chi connectivity index (χ3n) is 2.94. The molecule has 0 saturated carbocycles. The van der Waals surface area contributed by atoms with Gasteiger partial charge in [-0.15, -0.1) is 0 Å². The first-order valence-corrected chi connectivity index (χ1v) is 5.91. The molecule has 3 rings (SSSR count). The summed E-state index contributed by atoms with van der Waals surface area (Å²) in [7, 11) is 0. The molecule has 83 valence electrons. The number of allylic oxidation sites excluding steroid dienone is 4. The van der Waals surface area contributed by atoms with Gasteiger partial charge in [0.25, 0.3) is 0 Å². The molecule has 1 aromatic carbocycles. The van der Waals surface area contributed by atoms with Crippen LogP contribution in [0.3, 0.4) is 0 Å². The van der Waals surface area contributed by atoms with Gasteiger partial charge in [-0.2, -0.15) is 0 Å². The minimum Gasteiger partial charge on any atom is -0.252 e. The first-order valence-electron chi connectivity index (χ1n) is 5.53. The molecule has 0 atom stereocenters. The topological polar surface area (TPSA) is 12.9 Å². The number of aromatic nitrogens is 1. The fourth-order valence-electron chi connectivity index (χ4n) is 2.10. The fourth-order valence-corrected chi connectivity index (χ4v) is 2.28. The third-order valence-corrected chi connectivity index (χ3v) is 3.18. The molecule has 2 aromatic rings. The van der Waals surface area contributed by atoms with Crippen LogP contribution in [-0.4, -0.2) is 4.98 Å². The SMILES string of the molecule is Cc1nc(C2=C[CH]C=C2)cc2cc(Cl)ccc12. The number of hydrogen-bond acceptors (Lipinski definition) is 1. The normalized spacial score (nSPS) is 14.4. The van der Waals surface area contributed by atoms with Gasteiger partial charge in [-0.25, -0.2) is 0 Å². The Morgan fingerprint density at radius 2 is 2.06 bits per heavy atom. The molecule has 1 aromatic heterocycles. The number of nitrogens with zero attached hydrogens (tertiary/aromatic N) is 1. The van der Waals surface area contributed by atoms with Gasteiger partial charge < -0.3 is 0 Å². The number of hydrogen-bond donors (Lipinski definition) is 0. The highest BCUT2D eigenvalue weighted by molar-refractivity contribution is 6.31. The molecule has 2 heteroatoms. The third kappa shape index (κ3) is 1.87. The summed E-state index contributed by atoms with van der Waals surface area (Å²) in [6.07, 6.45) is 8.18. The van der Waals surface area contributed by atoms with Crippen LogP contribution in [0.4, 0.5) is 0 Å². The van der Waals surface area contributed by atoms with E-state index in [0.717, 1.165) is 32.8 Å². The lowest BCUT2D eigenvalue weighted by Gasteiger charge is -2.06. The highest BCUT2D eigenvalue weighted by Crippen LogP contribution is 2.26. The molecule has 1 aliphatic rings. The van der Waals surface area contributed by atoms with Crippen LogP contribution in [0.1, 0.15) is 11.4 Å². The Balaban J connectivity index is 2.25. The Hall–Kier alpha value is -1.60. The Labute approximate surface area is 105 Å². The Kier molecular flexibility index (Phi) is 2.49. The van der Waals surface area contributed by atoms with Crippen LogP contribution in [0.2, 0.25) is 5.02 Å². The Morgan fingerprint density at radius 3 is 2.82 bits per heavy atom. The van der Waals surface area contributed by atoms with Gasteiger partial charge in [0.1, 0.15) is 0 Å². The van der Waals surface area contributed by atoms with Gasteiger partial charge in [0, 0.05) is 22.5 Å². The number of rotatable bonds is 1. The predicted molar refractivity (Wildman–Crippen MR) is 72.9 cm³/mol. The van der Waals surface area contributed by atoms with Crippen molar-refractivity contribution in [2.24, 2.45) is 0 Å². The lowest BCUT2D eigenvalue weighted by atomic mass is 10.1. The van der Waals surface area contributed by atoms with E-state index in [9.17, 15) is 0 Å². The number of fused-ring (bicyclic) bond motifs is 1. The first-order chi connectivity index (χ1) is 8.24. The molecule has 1 radical (unpaired) electrons. The van der Waals surface area contributed by atoms with E-state index in [4.69, 9.17) is 11.6 Å². The van der Waals surface area contributed by atoms with Crippen LogP contribution in [0, 0.1) is 13.3 Å². The highest BCUT2D eigenvalue weighted by Gasteiger charge is 2.07. The van der Waals surface area contributed by atoms with E-state index < -0.39 is 0 Å². The summed E-state index contributed by atoms with van der Waals surface area (Å²) < 4.78 is 0. The summed E-state index contributed by atoms with van der Waals surface area (Å²) in [5.41, 5.74) is 3.19. The summed E-state index contributed by atoms with van der Waals surface area (Å²) in [6, 6.07) is 8.00. The van der Waals surface area contributed by atoms with Gasteiger partial charge in [0.15, 0.2) is 0 Å². The maximum atomic E-state index is 6.03. The van der Waals surface area contributed by atoms with Crippen molar-refractivity contribution in [2.45, 2.75) is 6.92 Å². The zero-order valence-corrected chi connectivity index (χ0v) is 10.2. The highest BCUT2D eigenvalue weighted by atomic mass is 35.5. The predicted octanol–water partition coefficient (Wildman–Crippen LogP) is 4.35. The van der Waals surface area contributed by atoms with Crippen molar-refractivity contribution in [3.05, 3.63) is 65.3 Å². The van der Waals surface area contributed by atoms with E-state index in [1.165, 1.54) is 0 Å². The van der Waals surface area contributed by atoms with Crippen molar-refractivity contribution >= 4 is 27.9 Å². The van der Waals surface area contributed by atoms with E-state index in [0.29, 0.717) is 0 Å². The van der Waals surface area contributed by atoms with Crippen molar-refractivity contribution in [1.29, 1.82) is 0 Å². The number of aryl methyl sites for hydroxylation is 1. The van der Waals surface area contributed by atoms with Crippen LogP contribution in [0.25, 0.3) is 16.3 Å². The lowest BCUT2D eigenvalue weighted by Crippen LogP contribution is -1.91.